The van der Waals surface area contributed by atoms with E-state index in [2.05, 4.69) is 4.72 Å². The van der Waals surface area contributed by atoms with Gasteiger partial charge in [-0.15, -0.1) is 0 Å². The van der Waals surface area contributed by atoms with E-state index in [1.807, 2.05) is 54.6 Å². The number of carbonyl (C=O) groups excluding carboxylic acids is 1. The first kappa shape index (κ1) is 24.2. The number of amides is 1. The monoisotopic (exact) mass is 476 g/mol. The third-order valence-corrected chi connectivity index (χ3v) is 8.07. The van der Waals surface area contributed by atoms with Crippen LogP contribution in [0.15, 0.2) is 83.8 Å². The Morgan fingerprint density at radius 2 is 1.47 bits per heavy atom. The molecular weight excluding hydrogens is 444 g/mol. The average Bonchev–Trinajstić information content (AvgIpc) is 3.12. The van der Waals surface area contributed by atoms with Crippen LogP contribution in [0.2, 0.25) is 0 Å². The number of carbonyl (C=O) groups is 1. The summed E-state index contributed by atoms with van der Waals surface area (Å²) in [5, 5.41) is 0. The molecule has 34 heavy (non-hydrogen) atoms. The fourth-order valence-corrected chi connectivity index (χ4v) is 5.84. The van der Waals surface area contributed by atoms with Crippen LogP contribution >= 0.6 is 0 Å². The van der Waals surface area contributed by atoms with Gasteiger partial charge in [0.2, 0.25) is 15.9 Å². The molecule has 1 aliphatic rings. The highest BCUT2D eigenvalue weighted by molar-refractivity contribution is 7.89. The first-order valence-corrected chi connectivity index (χ1v) is 13.4. The maximum atomic E-state index is 13.1. The van der Waals surface area contributed by atoms with Crippen LogP contribution in [-0.2, 0) is 21.2 Å². The minimum absolute atomic E-state index is 0.00103. The SMILES string of the molecule is CN(C(=O)Cc1ccccc1-c1ccccc1)c1ccc(S(=O)(=O)NC2CCCCCC2)cc1. The number of nitrogens with one attached hydrogen (secondary N) is 1. The first-order chi connectivity index (χ1) is 16.4. The molecule has 0 heterocycles. The lowest BCUT2D eigenvalue weighted by Crippen LogP contribution is -2.34. The van der Waals surface area contributed by atoms with Gasteiger partial charge in [0, 0.05) is 18.8 Å². The molecule has 0 aromatic heterocycles. The molecule has 0 radical (unpaired) electrons. The van der Waals surface area contributed by atoms with Gasteiger partial charge in [-0.05, 0) is 53.8 Å². The highest BCUT2D eigenvalue weighted by Crippen LogP contribution is 2.25. The Kier molecular flexibility index (Phi) is 7.80. The molecule has 1 aliphatic carbocycles. The molecule has 1 saturated carbocycles. The van der Waals surface area contributed by atoms with Gasteiger partial charge < -0.3 is 4.90 Å². The quantitative estimate of drug-likeness (QED) is 0.454. The Labute approximate surface area is 202 Å². The van der Waals surface area contributed by atoms with Crippen molar-refractivity contribution in [3.05, 3.63) is 84.4 Å². The van der Waals surface area contributed by atoms with Crippen LogP contribution in [0.3, 0.4) is 0 Å². The zero-order chi connectivity index (χ0) is 24.0. The van der Waals surface area contributed by atoms with Crippen molar-refractivity contribution < 1.29 is 13.2 Å². The molecule has 0 atom stereocenters. The summed E-state index contributed by atoms with van der Waals surface area (Å²) in [7, 11) is -1.85. The van der Waals surface area contributed by atoms with Crippen molar-refractivity contribution in [2.24, 2.45) is 0 Å². The molecule has 3 aromatic carbocycles. The van der Waals surface area contributed by atoms with Gasteiger partial charge in [-0.2, -0.15) is 0 Å². The van der Waals surface area contributed by atoms with Crippen molar-refractivity contribution >= 4 is 21.6 Å². The Balaban J connectivity index is 1.45. The van der Waals surface area contributed by atoms with Gasteiger partial charge in [0.1, 0.15) is 0 Å². The van der Waals surface area contributed by atoms with Gasteiger partial charge in [0.15, 0.2) is 0 Å². The van der Waals surface area contributed by atoms with Gasteiger partial charge in [0.05, 0.1) is 11.3 Å². The van der Waals surface area contributed by atoms with Crippen LogP contribution in [0.4, 0.5) is 5.69 Å². The Hall–Kier alpha value is -2.96. The third kappa shape index (κ3) is 5.93. The topological polar surface area (TPSA) is 66.5 Å². The van der Waals surface area contributed by atoms with E-state index in [4.69, 9.17) is 0 Å². The summed E-state index contributed by atoms with van der Waals surface area (Å²) < 4.78 is 28.6. The molecule has 3 aromatic rings. The van der Waals surface area contributed by atoms with Gasteiger partial charge in [-0.25, -0.2) is 13.1 Å². The fourth-order valence-electron chi connectivity index (χ4n) is 4.53. The molecule has 1 N–H and O–H groups in total. The second kappa shape index (κ2) is 11.0. The highest BCUT2D eigenvalue weighted by atomic mass is 32.2. The highest BCUT2D eigenvalue weighted by Gasteiger charge is 2.22. The predicted octanol–water partition coefficient (Wildman–Crippen LogP) is 5.56. The van der Waals surface area contributed by atoms with Crippen molar-refractivity contribution in [2.75, 3.05) is 11.9 Å². The van der Waals surface area contributed by atoms with Crippen LogP contribution in [0, 0.1) is 0 Å². The zero-order valence-corrected chi connectivity index (χ0v) is 20.4. The van der Waals surface area contributed by atoms with Gasteiger partial charge >= 0.3 is 0 Å². The van der Waals surface area contributed by atoms with Gasteiger partial charge in [0.25, 0.3) is 0 Å². The van der Waals surface area contributed by atoms with E-state index < -0.39 is 10.0 Å². The number of benzene rings is 3. The lowest BCUT2D eigenvalue weighted by atomic mass is 9.97. The molecule has 6 heteroatoms. The third-order valence-electron chi connectivity index (χ3n) is 6.53. The summed E-state index contributed by atoms with van der Waals surface area (Å²) in [6.45, 7) is 0. The van der Waals surface area contributed by atoms with E-state index >= 15 is 0 Å². The van der Waals surface area contributed by atoms with E-state index in [0.29, 0.717) is 5.69 Å². The second-order valence-corrected chi connectivity index (χ2v) is 10.7. The molecule has 1 fully saturated rings. The first-order valence-electron chi connectivity index (χ1n) is 12.0. The Morgan fingerprint density at radius 1 is 0.853 bits per heavy atom. The maximum Gasteiger partial charge on any atom is 0.240 e. The van der Waals surface area contributed by atoms with E-state index in [1.54, 1.807) is 36.2 Å². The van der Waals surface area contributed by atoms with Crippen LogP contribution in [-0.4, -0.2) is 27.4 Å². The number of sulfonamides is 1. The Morgan fingerprint density at radius 3 is 2.15 bits per heavy atom. The van der Waals surface area contributed by atoms with E-state index in [0.717, 1.165) is 42.4 Å². The summed E-state index contributed by atoms with van der Waals surface area (Å²) in [4.78, 5) is 14.9. The summed E-state index contributed by atoms with van der Waals surface area (Å²) >= 11 is 0. The van der Waals surface area contributed by atoms with Crippen molar-refractivity contribution in [3.8, 4) is 11.1 Å². The maximum absolute atomic E-state index is 13.1. The van der Waals surface area contributed by atoms with Gasteiger partial charge in [-0.1, -0.05) is 80.3 Å². The van der Waals surface area contributed by atoms with Crippen molar-refractivity contribution in [2.45, 2.75) is 55.9 Å². The fraction of sp³-hybridized carbons (Fsp3) is 0.321. The smallest absolute Gasteiger partial charge is 0.240 e. The largest absolute Gasteiger partial charge is 0.315 e. The second-order valence-electron chi connectivity index (χ2n) is 8.96. The number of likely N-dealkylation sites (N-methyl/N-ethyl adjacent to an activating group) is 1. The van der Waals surface area contributed by atoms with Crippen LogP contribution in [0.5, 0.6) is 0 Å². The molecule has 0 saturated heterocycles. The molecule has 1 amide bonds. The number of rotatable bonds is 7. The number of nitrogens with zero attached hydrogens (tertiary/aromatic N) is 1. The molecular formula is C28H32N2O3S. The molecule has 0 aliphatic heterocycles. The van der Waals surface area contributed by atoms with E-state index in [9.17, 15) is 13.2 Å². The minimum Gasteiger partial charge on any atom is -0.315 e. The zero-order valence-electron chi connectivity index (χ0n) is 19.6. The Bertz CT molecular complexity index is 1200. The standard InChI is InChI=1S/C28H32N2O3S/c1-30(28(31)21-23-13-9-10-16-27(23)22-11-5-4-6-12-22)25-17-19-26(20-18-25)34(32,33)29-24-14-7-2-3-8-15-24/h4-6,9-13,16-20,24,29H,2-3,7-8,14-15,21H2,1H3. The molecule has 4 rings (SSSR count). The van der Waals surface area contributed by atoms with Crippen LogP contribution in [0.25, 0.3) is 11.1 Å². The number of hydrogen-bond donors (Lipinski definition) is 1. The van der Waals surface area contributed by atoms with Gasteiger partial charge in [-0.3, -0.25) is 4.79 Å². The molecule has 0 bridgehead atoms. The molecule has 0 spiro atoms. The van der Waals surface area contributed by atoms with Crippen molar-refractivity contribution in [1.29, 1.82) is 0 Å². The predicted molar refractivity (Wildman–Crippen MR) is 137 cm³/mol. The summed E-state index contributed by atoms with van der Waals surface area (Å²) in [6, 6.07) is 24.5. The van der Waals surface area contributed by atoms with Crippen molar-refractivity contribution in [1.82, 2.24) is 4.72 Å². The lowest BCUT2D eigenvalue weighted by molar-refractivity contribution is -0.117. The average molecular weight is 477 g/mol. The van der Waals surface area contributed by atoms with Crippen molar-refractivity contribution in [3.63, 3.8) is 0 Å². The number of anilines is 1. The normalized spacial score (nSPS) is 15.0. The molecule has 0 unspecified atom stereocenters. The minimum atomic E-state index is -3.58. The summed E-state index contributed by atoms with van der Waals surface area (Å²) in [5.41, 5.74) is 3.73. The van der Waals surface area contributed by atoms with Crippen LogP contribution in [0.1, 0.15) is 44.1 Å². The van der Waals surface area contributed by atoms with Crippen LogP contribution < -0.4 is 9.62 Å². The lowest BCUT2D eigenvalue weighted by Gasteiger charge is -2.20. The summed E-state index contributed by atoms with van der Waals surface area (Å²) in [5.74, 6) is -0.0597. The summed E-state index contributed by atoms with van der Waals surface area (Å²) in [6.07, 6.45) is 6.49. The van der Waals surface area contributed by atoms with E-state index in [1.165, 1.54) is 12.8 Å². The molecule has 178 valence electrons. The number of hydrogen-bond acceptors (Lipinski definition) is 3. The van der Waals surface area contributed by atoms with E-state index in [-0.39, 0.29) is 23.3 Å². The molecule has 5 nitrogen and oxygen atoms in total.